The largest absolute Gasteiger partial charge is 0.368 e. The van der Waals surface area contributed by atoms with Gasteiger partial charge < -0.3 is 10.2 Å². The lowest BCUT2D eigenvalue weighted by atomic mass is 10.1. The Bertz CT molecular complexity index is 441. The van der Waals surface area contributed by atoms with Gasteiger partial charge in [-0.1, -0.05) is 25.8 Å². The molecule has 118 valence electrons. The highest BCUT2D eigenvalue weighted by atomic mass is 79.9. The fraction of sp³-hybridized carbons (Fsp3) is 0.667. The summed E-state index contributed by atoms with van der Waals surface area (Å²) >= 11 is 3.78. The van der Waals surface area contributed by atoms with Crippen molar-refractivity contribution < 1.29 is 0 Å². The summed E-state index contributed by atoms with van der Waals surface area (Å²) in [6.07, 6.45) is 6.55. The number of halogens is 1. The van der Waals surface area contributed by atoms with E-state index in [1.807, 2.05) is 0 Å². The maximum absolute atomic E-state index is 3.78. The molecule has 1 aromatic rings. The lowest BCUT2D eigenvalue weighted by molar-refractivity contribution is 0.624. The molecular formula is C18H29BrN2. The summed E-state index contributed by atoms with van der Waals surface area (Å²) in [6, 6.07) is 8.13. The fourth-order valence-electron chi connectivity index (χ4n) is 2.63. The van der Waals surface area contributed by atoms with E-state index in [9.17, 15) is 0 Å². The zero-order valence-corrected chi connectivity index (χ0v) is 15.2. The zero-order chi connectivity index (χ0) is 15.2. The van der Waals surface area contributed by atoms with E-state index in [4.69, 9.17) is 0 Å². The first kappa shape index (κ1) is 16.8. The van der Waals surface area contributed by atoms with Gasteiger partial charge in [0.25, 0.3) is 0 Å². The second-order valence-corrected chi connectivity index (χ2v) is 7.29. The Hall–Kier alpha value is -0.540. The molecule has 2 nitrogen and oxygen atoms in total. The first-order valence-electron chi connectivity index (χ1n) is 8.40. The molecule has 2 rings (SSSR count). The van der Waals surface area contributed by atoms with Crippen molar-refractivity contribution in [3.8, 4) is 0 Å². The molecule has 1 saturated carbocycles. The van der Waals surface area contributed by atoms with Crippen LogP contribution in [0.15, 0.2) is 22.7 Å². The van der Waals surface area contributed by atoms with Crippen molar-refractivity contribution in [1.29, 1.82) is 0 Å². The Balaban J connectivity index is 2.01. The van der Waals surface area contributed by atoms with Crippen LogP contribution < -0.4 is 10.2 Å². The van der Waals surface area contributed by atoms with Crippen LogP contribution in [0.25, 0.3) is 0 Å². The van der Waals surface area contributed by atoms with Gasteiger partial charge in [0.1, 0.15) is 0 Å². The predicted molar refractivity (Wildman–Crippen MR) is 96.0 cm³/mol. The number of nitrogens with one attached hydrogen (secondary N) is 1. The molecule has 0 spiro atoms. The van der Waals surface area contributed by atoms with Gasteiger partial charge in [0.05, 0.1) is 5.69 Å². The highest BCUT2D eigenvalue weighted by Crippen LogP contribution is 2.29. The van der Waals surface area contributed by atoms with Gasteiger partial charge in [0, 0.05) is 29.6 Å². The van der Waals surface area contributed by atoms with Crippen molar-refractivity contribution in [2.24, 2.45) is 0 Å². The summed E-state index contributed by atoms with van der Waals surface area (Å²) in [5.74, 6) is 0. The van der Waals surface area contributed by atoms with Crippen molar-refractivity contribution in [2.45, 2.75) is 71.5 Å². The maximum atomic E-state index is 3.78. The van der Waals surface area contributed by atoms with Gasteiger partial charge in [-0.2, -0.15) is 0 Å². The van der Waals surface area contributed by atoms with Crippen LogP contribution in [0, 0.1) is 0 Å². The molecule has 1 aliphatic rings. The lowest BCUT2D eigenvalue weighted by Crippen LogP contribution is -2.32. The predicted octanol–water partition coefficient (Wildman–Crippen LogP) is 5.11. The normalized spacial score (nSPS) is 14.7. The van der Waals surface area contributed by atoms with E-state index < -0.39 is 0 Å². The van der Waals surface area contributed by atoms with Gasteiger partial charge in [-0.15, -0.1) is 0 Å². The van der Waals surface area contributed by atoms with Gasteiger partial charge >= 0.3 is 0 Å². The lowest BCUT2D eigenvalue weighted by Gasteiger charge is -2.30. The molecule has 0 radical (unpaired) electrons. The fourth-order valence-corrected chi connectivity index (χ4v) is 3.29. The minimum atomic E-state index is 0.536. The molecule has 0 aliphatic heterocycles. The van der Waals surface area contributed by atoms with Crippen LogP contribution >= 0.6 is 15.9 Å². The van der Waals surface area contributed by atoms with Gasteiger partial charge in [-0.3, -0.25) is 0 Å². The van der Waals surface area contributed by atoms with Crippen LogP contribution in [0.4, 0.5) is 5.69 Å². The molecule has 0 amide bonds. The summed E-state index contributed by atoms with van der Waals surface area (Å²) < 4.78 is 1.22. The number of hydrogen-bond acceptors (Lipinski definition) is 2. The summed E-state index contributed by atoms with van der Waals surface area (Å²) in [4.78, 5) is 2.51. The highest BCUT2D eigenvalue weighted by molar-refractivity contribution is 9.10. The van der Waals surface area contributed by atoms with Gasteiger partial charge in [-0.25, -0.2) is 0 Å². The Morgan fingerprint density at radius 3 is 2.62 bits per heavy atom. The van der Waals surface area contributed by atoms with E-state index in [2.05, 4.69) is 65.1 Å². The summed E-state index contributed by atoms with van der Waals surface area (Å²) in [7, 11) is 0. The summed E-state index contributed by atoms with van der Waals surface area (Å²) in [5, 5.41) is 3.58. The van der Waals surface area contributed by atoms with Crippen LogP contribution in [0.2, 0.25) is 0 Å². The first-order valence-corrected chi connectivity index (χ1v) is 9.19. The number of anilines is 1. The summed E-state index contributed by atoms with van der Waals surface area (Å²) in [5.41, 5.74) is 2.70. The van der Waals surface area contributed by atoms with E-state index in [1.165, 1.54) is 47.8 Å². The van der Waals surface area contributed by atoms with E-state index in [0.717, 1.165) is 19.1 Å². The molecule has 1 fully saturated rings. The molecule has 0 saturated heterocycles. The second-order valence-electron chi connectivity index (χ2n) is 6.44. The van der Waals surface area contributed by atoms with Crippen molar-refractivity contribution >= 4 is 21.6 Å². The molecule has 1 aliphatic carbocycles. The Morgan fingerprint density at radius 2 is 2.05 bits per heavy atom. The number of hydrogen-bond donors (Lipinski definition) is 1. The quantitative estimate of drug-likeness (QED) is 0.621. The van der Waals surface area contributed by atoms with Crippen LogP contribution in [-0.2, 0) is 6.54 Å². The van der Waals surface area contributed by atoms with Crippen molar-refractivity contribution in [2.75, 3.05) is 11.4 Å². The molecule has 0 bridgehead atoms. The first-order chi connectivity index (χ1) is 10.1. The SMILES string of the molecule is CCCCCN(c1ccc(CNC2CC2)cc1Br)C(C)C. The van der Waals surface area contributed by atoms with Crippen LogP contribution in [0.1, 0.15) is 58.4 Å². The number of benzene rings is 1. The van der Waals surface area contributed by atoms with Crippen LogP contribution in [-0.4, -0.2) is 18.6 Å². The standard InChI is InChI=1S/C18H29BrN2/c1-4-5-6-11-21(14(2)3)18-10-7-15(12-17(18)19)13-20-16-8-9-16/h7,10,12,14,16,20H,4-6,8-9,11,13H2,1-3H3. The molecule has 1 aromatic carbocycles. The topological polar surface area (TPSA) is 15.3 Å². The number of rotatable bonds is 9. The van der Waals surface area contributed by atoms with E-state index >= 15 is 0 Å². The van der Waals surface area contributed by atoms with Crippen LogP contribution in [0.3, 0.4) is 0 Å². The van der Waals surface area contributed by atoms with E-state index in [1.54, 1.807) is 0 Å². The Kier molecular flexibility index (Phi) is 6.56. The molecule has 21 heavy (non-hydrogen) atoms. The summed E-state index contributed by atoms with van der Waals surface area (Å²) in [6.45, 7) is 8.95. The molecule has 0 unspecified atom stereocenters. The third-order valence-electron chi connectivity index (χ3n) is 4.12. The maximum Gasteiger partial charge on any atom is 0.0513 e. The molecule has 0 heterocycles. The molecule has 0 atom stereocenters. The van der Waals surface area contributed by atoms with Crippen LogP contribution in [0.5, 0.6) is 0 Å². The van der Waals surface area contributed by atoms with Crippen molar-refractivity contribution in [3.05, 3.63) is 28.2 Å². The minimum absolute atomic E-state index is 0.536. The molecule has 3 heteroatoms. The van der Waals surface area contributed by atoms with E-state index in [0.29, 0.717) is 6.04 Å². The van der Waals surface area contributed by atoms with Gasteiger partial charge in [0.15, 0.2) is 0 Å². The van der Waals surface area contributed by atoms with E-state index in [-0.39, 0.29) is 0 Å². The number of nitrogens with zero attached hydrogens (tertiary/aromatic N) is 1. The minimum Gasteiger partial charge on any atom is -0.368 e. The monoisotopic (exact) mass is 352 g/mol. The number of unbranched alkanes of at least 4 members (excludes halogenated alkanes) is 2. The second kappa shape index (κ2) is 8.19. The Labute approximate surface area is 138 Å². The van der Waals surface area contributed by atoms with Gasteiger partial charge in [-0.05, 0) is 66.7 Å². The van der Waals surface area contributed by atoms with Crippen molar-refractivity contribution in [1.82, 2.24) is 5.32 Å². The average Bonchev–Trinajstić information content (AvgIpc) is 3.26. The smallest absolute Gasteiger partial charge is 0.0513 e. The molecule has 1 N–H and O–H groups in total. The van der Waals surface area contributed by atoms with Gasteiger partial charge in [0.2, 0.25) is 0 Å². The highest BCUT2D eigenvalue weighted by Gasteiger charge is 2.20. The third-order valence-corrected chi connectivity index (χ3v) is 4.75. The van der Waals surface area contributed by atoms with Crippen molar-refractivity contribution in [3.63, 3.8) is 0 Å². The molecule has 0 aromatic heterocycles. The third kappa shape index (κ3) is 5.30. The Morgan fingerprint density at radius 1 is 1.29 bits per heavy atom. The molecular weight excluding hydrogens is 324 g/mol. The average molecular weight is 353 g/mol. The zero-order valence-electron chi connectivity index (χ0n) is 13.7.